The Morgan fingerprint density at radius 1 is 0.870 bits per heavy atom. The quantitative estimate of drug-likeness (QED) is 0.359. The highest BCUT2D eigenvalue weighted by atomic mass is 79.9. The van der Waals surface area contributed by atoms with Gasteiger partial charge in [-0.15, -0.1) is 11.3 Å². The molecule has 0 saturated heterocycles. The van der Waals surface area contributed by atoms with Crippen LogP contribution >= 0.6 is 27.3 Å². The molecule has 3 aromatic carbocycles. The maximum Gasteiger partial charge on any atom is 0.0345 e. The third kappa shape index (κ3) is 2.93. The van der Waals surface area contributed by atoms with E-state index in [0.717, 1.165) is 12.8 Å². The van der Waals surface area contributed by atoms with Crippen molar-refractivity contribution in [3.8, 4) is 0 Å². The van der Waals surface area contributed by atoms with E-state index in [2.05, 4.69) is 83.5 Å². The smallest absolute Gasteiger partial charge is 0.0345 e. The summed E-state index contributed by atoms with van der Waals surface area (Å²) < 4.78 is 2.57. The van der Waals surface area contributed by atoms with E-state index in [-0.39, 0.29) is 0 Å². The minimum absolute atomic E-state index is 0.990. The molecule has 4 rings (SSSR count). The Hall–Kier alpha value is -1.64. The van der Waals surface area contributed by atoms with Gasteiger partial charge in [0.1, 0.15) is 0 Å². The third-order valence-electron chi connectivity index (χ3n) is 4.29. The van der Waals surface area contributed by atoms with Gasteiger partial charge >= 0.3 is 0 Å². The Morgan fingerprint density at radius 3 is 2.57 bits per heavy atom. The molecule has 0 nitrogen and oxygen atoms in total. The van der Waals surface area contributed by atoms with Gasteiger partial charge in [-0.05, 0) is 51.9 Å². The maximum atomic E-state index is 3.72. The van der Waals surface area contributed by atoms with Crippen LogP contribution in [0.4, 0.5) is 0 Å². The molecule has 2 heteroatoms. The Labute approximate surface area is 148 Å². The van der Waals surface area contributed by atoms with Gasteiger partial charge in [0.2, 0.25) is 0 Å². The van der Waals surface area contributed by atoms with Crippen LogP contribution < -0.4 is 0 Å². The van der Waals surface area contributed by atoms with Gasteiger partial charge in [-0.1, -0.05) is 65.3 Å². The highest BCUT2D eigenvalue weighted by Gasteiger charge is 2.06. The van der Waals surface area contributed by atoms with E-state index in [9.17, 15) is 0 Å². The zero-order valence-electron chi connectivity index (χ0n) is 13.0. The second-order valence-corrected chi connectivity index (χ2v) is 7.94. The summed E-state index contributed by atoms with van der Waals surface area (Å²) in [6.07, 6.45) is 2.09. The fourth-order valence-corrected chi connectivity index (χ4v) is 4.81. The highest BCUT2D eigenvalue weighted by Crippen LogP contribution is 2.31. The van der Waals surface area contributed by atoms with Crippen LogP contribution in [0.25, 0.3) is 20.9 Å². The topological polar surface area (TPSA) is 0 Å². The van der Waals surface area contributed by atoms with E-state index in [1.165, 1.54) is 41.3 Å². The van der Waals surface area contributed by atoms with Crippen molar-refractivity contribution in [3.63, 3.8) is 0 Å². The predicted molar refractivity (Wildman–Crippen MR) is 106 cm³/mol. The Kier molecular flexibility index (Phi) is 3.96. The van der Waals surface area contributed by atoms with Gasteiger partial charge in [-0.2, -0.15) is 0 Å². The lowest BCUT2D eigenvalue weighted by atomic mass is 10.0. The largest absolute Gasteiger partial charge is 0.140 e. The molecule has 0 amide bonds. The summed E-state index contributed by atoms with van der Waals surface area (Å²) >= 11 is 5.63. The minimum atomic E-state index is 0.990. The maximum absolute atomic E-state index is 3.72. The first kappa shape index (κ1) is 14.9. The lowest BCUT2D eigenvalue weighted by Crippen LogP contribution is -1.86. The first-order valence-electron chi connectivity index (χ1n) is 7.91. The second-order valence-electron chi connectivity index (χ2n) is 5.91. The van der Waals surface area contributed by atoms with Crippen molar-refractivity contribution < 1.29 is 0 Å². The van der Waals surface area contributed by atoms with Crippen LogP contribution in [0.5, 0.6) is 0 Å². The number of hydrogen-bond donors (Lipinski definition) is 0. The van der Waals surface area contributed by atoms with Gasteiger partial charge in [-0.3, -0.25) is 0 Å². The molecule has 0 aliphatic rings. The molecule has 114 valence electrons. The molecule has 1 heterocycles. The first-order chi connectivity index (χ1) is 11.2. The SMILES string of the molecule is CCc1ccc2sc(Cc3cc(Br)c4ccccc4c3)cc2c1. The van der Waals surface area contributed by atoms with Crippen LogP contribution in [0, 0.1) is 0 Å². The highest BCUT2D eigenvalue weighted by molar-refractivity contribution is 9.10. The number of fused-ring (bicyclic) bond motifs is 2. The van der Waals surface area contributed by atoms with Gasteiger partial charge in [0, 0.05) is 20.5 Å². The summed E-state index contributed by atoms with van der Waals surface area (Å²) in [5.74, 6) is 0. The molecular weight excluding hydrogens is 364 g/mol. The summed E-state index contributed by atoms with van der Waals surface area (Å²) in [5, 5.41) is 3.95. The van der Waals surface area contributed by atoms with Crippen LogP contribution in [0.3, 0.4) is 0 Å². The third-order valence-corrected chi connectivity index (χ3v) is 6.06. The minimum Gasteiger partial charge on any atom is -0.140 e. The summed E-state index contributed by atoms with van der Waals surface area (Å²) in [5.41, 5.74) is 2.77. The molecule has 23 heavy (non-hydrogen) atoms. The normalized spacial score (nSPS) is 11.4. The number of halogens is 1. The fourth-order valence-electron chi connectivity index (χ4n) is 3.08. The molecule has 0 atom stereocenters. The average Bonchev–Trinajstić information content (AvgIpc) is 2.96. The molecule has 4 aromatic rings. The molecule has 1 aromatic heterocycles. The van der Waals surface area contributed by atoms with E-state index < -0.39 is 0 Å². The predicted octanol–water partition coefficient (Wildman–Crippen LogP) is 6.97. The van der Waals surface area contributed by atoms with Gasteiger partial charge in [0.05, 0.1) is 0 Å². The lowest BCUT2D eigenvalue weighted by Gasteiger charge is -2.05. The Bertz CT molecular complexity index is 997. The zero-order valence-corrected chi connectivity index (χ0v) is 15.4. The molecule has 0 bridgehead atoms. The molecule has 0 unspecified atom stereocenters. The van der Waals surface area contributed by atoms with Crippen molar-refractivity contribution in [1.82, 2.24) is 0 Å². The molecule has 0 fully saturated rings. The number of aryl methyl sites for hydroxylation is 1. The van der Waals surface area contributed by atoms with Crippen molar-refractivity contribution in [3.05, 3.63) is 81.1 Å². The molecule has 0 N–H and O–H groups in total. The first-order valence-corrected chi connectivity index (χ1v) is 9.52. The van der Waals surface area contributed by atoms with Crippen LogP contribution in [0.2, 0.25) is 0 Å². The molecule has 0 radical (unpaired) electrons. The van der Waals surface area contributed by atoms with Crippen LogP contribution in [-0.4, -0.2) is 0 Å². The number of benzene rings is 3. The Morgan fingerprint density at radius 2 is 1.70 bits per heavy atom. The number of rotatable bonds is 3. The van der Waals surface area contributed by atoms with E-state index in [4.69, 9.17) is 0 Å². The summed E-state index contributed by atoms with van der Waals surface area (Å²) in [7, 11) is 0. The number of thiophene rings is 1. The molecule has 0 spiro atoms. The number of hydrogen-bond acceptors (Lipinski definition) is 1. The zero-order chi connectivity index (χ0) is 15.8. The van der Waals surface area contributed by atoms with Crippen molar-refractivity contribution in [1.29, 1.82) is 0 Å². The van der Waals surface area contributed by atoms with E-state index >= 15 is 0 Å². The summed E-state index contributed by atoms with van der Waals surface area (Å²) in [4.78, 5) is 1.43. The summed E-state index contributed by atoms with van der Waals surface area (Å²) in [6.45, 7) is 2.21. The van der Waals surface area contributed by atoms with Crippen molar-refractivity contribution in [2.75, 3.05) is 0 Å². The van der Waals surface area contributed by atoms with Crippen LogP contribution in [-0.2, 0) is 12.8 Å². The molecule has 0 saturated carbocycles. The molecule has 0 aliphatic heterocycles. The van der Waals surface area contributed by atoms with Crippen molar-refractivity contribution in [2.24, 2.45) is 0 Å². The van der Waals surface area contributed by atoms with Gasteiger partial charge in [-0.25, -0.2) is 0 Å². The lowest BCUT2D eigenvalue weighted by molar-refractivity contribution is 1.15. The van der Waals surface area contributed by atoms with Gasteiger partial charge < -0.3 is 0 Å². The van der Waals surface area contributed by atoms with Gasteiger partial charge in [0.15, 0.2) is 0 Å². The van der Waals surface area contributed by atoms with E-state index in [1.807, 2.05) is 11.3 Å². The Balaban J connectivity index is 1.72. The van der Waals surface area contributed by atoms with Crippen molar-refractivity contribution >= 4 is 48.1 Å². The van der Waals surface area contributed by atoms with Crippen molar-refractivity contribution in [2.45, 2.75) is 19.8 Å². The second kappa shape index (κ2) is 6.10. The molecular formula is C21H17BrS. The summed E-state index contributed by atoms with van der Waals surface area (Å²) in [6, 6.07) is 22.3. The van der Waals surface area contributed by atoms with E-state index in [0.29, 0.717) is 0 Å². The van der Waals surface area contributed by atoms with Crippen LogP contribution in [0.1, 0.15) is 22.9 Å². The monoisotopic (exact) mass is 380 g/mol. The van der Waals surface area contributed by atoms with E-state index in [1.54, 1.807) is 0 Å². The molecule has 0 aliphatic carbocycles. The van der Waals surface area contributed by atoms with Crippen LogP contribution in [0.15, 0.2) is 65.1 Å². The standard InChI is InChI=1S/C21H17BrS/c1-2-14-7-8-21-17(9-14)13-18(23-21)11-15-10-16-5-3-4-6-19(16)20(22)12-15/h3-10,12-13H,2,11H2,1H3. The van der Waals surface area contributed by atoms with Gasteiger partial charge in [0.25, 0.3) is 0 Å². The fraction of sp³-hybridized carbons (Fsp3) is 0.143. The average molecular weight is 381 g/mol.